The second-order valence-electron chi connectivity index (χ2n) is 4.44. The molecule has 6 heteroatoms. The highest BCUT2D eigenvalue weighted by Crippen LogP contribution is 2.27. The summed E-state index contributed by atoms with van der Waals surface area (Å²) in [4.78, 5) is 15.5. The first-order valence-electron chi connectivity index (χ1n) is 6.33. The monoisotopic (exact) mass is 253 g/mol. The van der Waals surface area contributed by atoms with Crippen LogP contribution in [-0.2, 0) is 4.74 Å². The third kappa shape index (κ3) is 2.81. The van der Waals surface area contributed by atoms with E-state index in [-0.39, 0.29) is 11.7 Å². The summed E-state index contributed by atoms with van der Waals surface area (Å²) >= 11 is 0. The maximum atomic E-state index is 11.4. The number of nitrogens with one attached hydrogen (secondary N) is 1. The molecule has 1 saturated carbocycles. The topological polar surface area (TPSA) is 90.4 Å². The quantitative estimate of drug-likeness (QED) is 0.771. The Morgan fingerprint density at radius 3 is 3.22 bits per heavy atom. The molecule has 0 amide bonds. The Kier molecular flexibility index (Phi) is 4.19. The van der Waals surface area contributed by atoms with Crippen molar-refractivity contribution < 1.29 is 13.9 Å². The molecular weight excluding hydrogens is 234 g/mol. The lowest BCUT2D eigenvalue weighted by atomic mass is 10.0. The minimum absolute atomic E-state index is 0.196. The van der Waals surface area contributed by atoms with Crippen molar-refractivity contribution in [1.29, 1.82) is 0 Å². The van der Waals surface area contributed by atoms with Crippen LogP contribution in [-0.4, -0.2) is 30.1 Å². The Bertz CT molecular complexity index is 405. The molecule has 0 spiro atoms. The van der Waals surface area contributed by atoms with Gasteiger partial charge in [-0.25, -0.2) is 4.79 Å². The number of nitrogens with two attached hydrogens (primary N) is 1. The van der Waals surface area contributed by atoms with E-state index in [1.165, 1.54) is 6.26 Å². The highest BCUT2D eigenvalue weighted by molar-refractivity contribution is 5.87. The fraction of sp³-hybridized carbons (Fsp3) is 0.667. The summed E-state index contributed by atoms with van der Waals surface area (Å²) in [5.41, 5.74) is 5.90. The van der Waals surface area contributed by atoms with Gasteiger partial charge in [-0.1, -0.05) is 6.42 Å². The highest BCUT2D eigenvalue weighted by atomic mass is 16.5. The van der Waals surface area contributed by atoms with Gasteiger partial charge in [0.2, 0.25) is 0 Å². The van der Waals surface area contributed by atoms with E-state index in [2.05, 4.69) is 10.3 Å². The highest BCUT2D eigenvalue weighted by Gasteiger charge is 2.27. The van der Waals surface area contributed by atoms with Crippen molar-refractivity contribution in [3.05, 3.63) is 12.0 Å². The third-order valence-corrected chi connectivity index (χ3v) is 3.26. The van der Waals surface area contributed by atoms with Crippen LogP contribution >= 0.6 is 0 Å². The van der Waals surface area contributed by atoms with Crippen LogP contribution in [0.15, 0.2) is 10.7 Å². The van der Waals surface area contributed by atoms with Gasteiger partial charge in [0.05, 0.1) is 6.61 Å². The zero-order valence-corrected chi connectivity index (χ0v) is 10.5. The Balaban J connectivity index is 1.96. The van der Waals surface area contributed by atoms with Gasteiger partial charge in [0.1, 0.15) is 6.26 Å². The lowest BCUT2D eigenvalue weighted by molar-refractivity contribution is 0.0519. The Morgan fingerprint density at radius 1 is 1.67 bits per heavy atom. The zero-order valence-electron chi connectivity index (χ0n) is 10.5. The zero-order chi connectivity index (χ0) is 13.0. The fourth-order valence-corrected chi connectivity index (χ4v) is 2.31. The molecule has 0 aromatic carbocycles. The number of ether oxygens (including phenoxy) is 1. The Hall–Kier alpha value is -1.56. The molecule has 18 heavy (non-hydrogen) atoms. The van der Waals surface area contributed by atoms with Crippen LogP contribution in [0, 0.1) is 5.92 Å². The molecule has 2 atom stereocenters. The molecule has 0 aliphatic heterocycles. The van der Waals surface area contributed by atoms with Gasteiger partial charge in [-0.05, 0) is 32.2 Å². The van der Waals surface area contributed by atoms with E-state index >= 15 is 0 Å². The van der Waals surface area contributed by atoms with Crippen LogP contribution in [0.1, 0.15) is 36.7 Å². The number of hydrogen-bond acceptors (Lipinski definition) is 6. The molecule has 3 N–H and O–H groups in total. The van der Waals surface area contributed by atoms with E-state index in [0.29, 0.717) is 25.1 Å². The van der Waals surface area contributed by atoms with Crippen molar-refractivity contribution in [3.63, 3.8) is 0 Å². The molecule has 0 radical (unpaired) electrons. The minimum atomic E-state index is -0.462. The maximum Gasteiger partial charge on any atom is 0.360 e. The average Bonchev–Trinajstić information content (AvgIpc) is 2.99. The van der Waals surface area contributed by atoms with Crippen LogP contribution in [0.25, 0.3) is 0 Å². The average molecular weight is 253 g/mol. The van der Waals surface area contributed by atoms with Gasteiger partial charge < -0.3 is 20.2 Å². The number of carbonyl (C=O) groups excluding carboxylic acids is 1. The first-order valence-corrected chi connectivity index (χ1v) is 6.33. The normalized spacial score (nSPS) is 23.0. The number of aromatic nitrogens is 1. The molecule has 1 heterocycles. The largest absolute Gasteiger partial charge is 0.461 e. The molecule has 100 valence electrons. The predicted octanol–water partition coefficient (Wildman–Crippen LogP) is 1.39. The molecule has 6 nitrogen and oxygen atoms in total. The molecule has 2 rings (SSSR count). The van der Waals surface area contributed by atoms with Crippen LogP contribution in [0.2, 0.25) is 0 Å². The van der Waals surface area contributed by atoms with Crippen molar-refractivity contribution in [3.8, 4) is 0 Å². The minimum Gasteiger partial charge on any atom is -0.461 e. The summed E-state index contributed by atoms with van der Waals surface area (Å²) in [7, 11) is 0. The fourth-order valence-electron chi connectivity index (χ4n) is 2.31. The van der Waals surface area contributed by atoms with Gasteiger partial charge in [-0.15, -0.1) is 0 Å². The van der Waals surface area contributed by atoms with Crippen LogP contribution in [0.4, 0.5) is 6.01 Å². The summed E-state index contributed by atoms with van der Waals surface area (Å²) in [6.45, 7) is 2.73. The molecule has 1 fully saturated rings. The SMILES string of the molecule is CCOC(=O)c1coc(NC2CCCC2CN)n1. The summed E-state index contributed by atoms with van der Waals surface area (Å²) in [5.74, 6) is -0.0148. The Labute approximate surface area is 106 Å². The van der Waals surface area contributed by atoms with Gasteiger partial charge in [0.25, 0.3) is 6.01 Å². The Morgan fingerprint density at radius 2 is 2.50 bits per heavy atom. The van der Waals surface area contributed by atoms with Gasteiger partial charge in [-0.2, -0.15) is 4.98 Å². The lowest BCUT2D eigenvalue weighted by Gasteiger charge is -2.17. The van der Waals surface area contributed by atoms with E-state index in [1.807, 2.05) is 0 Å². The molecule has 2 unspecified atom stereocenters. The second-order valence-corrected chi connectivity index (χ2v) is 4.44. The molecule has 0 bridgehead atoms. The van der Waals surface area contributed by atoms with E-state index in [9.17, 15) is 4.79 Å². The number of carbonyl (C=O) groups is 1. The standard InChI is InChI=1S/C12H19N3O3/c1-2-17-11(16)10-7-18-12(15-10)14-9-5-3-4-8(9)6-13/h7-9H,2-6,13H2,1H3,(H,14,15). The van der Waals surface area contributed by atoms with Crippen LogP contribution < -0.4 is 11.1 Å². The first-order chi connectivity index (χ1) is 8.74. The molecule has 1 aromatic heterocycles. The van der Waals surface area contributed by atoms with E-state index in [1.54, 1.807) is 6.92 Å². The van der Waals surface area contributed by atoms with Crippen molar-refractivity contribution >= 4 is 12.0 Å². The van der Waals surface area contributed by atoms with Crippen LogP contribution in [0.5, 0.6) is 0 Å². The first kappa shape index (κ1) is 12.9. The molecular formula is C12H19N3O3. The van der Waals surface area contributed by atoms with E-state index < -0.39 is 5.97 Å². The van der Waals surface area contributed by atoms with Crippen molar-refractivity contribution in [2.45, 2.75) is 32.2 Å². The number of nitrogens with zero attached hydrogens (tertiary/aromatic N) is 1. The lowest BCUT2D eigenvalue weighted by Crippen LogP contribution is -2.29. The second kappa shape index (κ2) is 5.86. The molecule has 0 saturated heterocycles. The van der Waals surface area contributed by atoms with Gasteiger partial charge in [0.15, 0.2) is 5.69 Å². The van der Waals surface area contributed by atoms with Crippen LogP contribution in [0.3, 0.4) is 0 Å². The third-order valence-electron chi connectivity index (χ3n) is 3.26. The van der Waals surface area contributed by atoms with Crippen molar-refractivity contribution in [1.82, 2.24) is 4.98 Å². The predicted molar refractivity (Wildman–Crippen MR) is 66.3 cm³/mol. The van der Waals surface area contributed by atoms with Crippen molar-refractivity contribution in [2.24, 2.45) is 11.7 Å². The molecule has 1 aliphatic rings. The smallest absolute Gasteiger partial charge is 0.360 e. The maximum absolute atomic E-state index is 11.4. The number of hydrogen-bond donors (Lipinski definition) is 2. The number of rotatable bonds is 5. The molecule has 1 aromatic rings. The number of esters is 1. The summed E-state index contributed by atoms with van der Waals surface area (Å²) in [6, 6.07) is 0.645. The summed E-state index contributed by atoms with van der Waals surface area (Å²) in [5, 5.41) is 3.19. The van der Waals surface area contributed by atoms with Crippen molar-refractivity contribution in [2.75, 3.05) is 18.5 Å². The molecule has 1 aliphatic carbocycles. The number of oxazole rings is 1. The van der Waals surface area contributed by atoms with Gasteiger partial charge in [0, 0.05) is 6.04 Å². The van der Waals surface area contributed by atoms with Gasteiger partial charge in [-0.3, -0.25) is 0 Å². The van der Waals surface area contributed by atoms with E-state index in [0.717, 1.165) is 19.3 Å². The summed E-state index contributed by atoms with van der Waals surface area (Å²) in [6.07, 6.45) is 4.65. The number of anilines is 1. The summed E-state index contributed by atoms with van der Waals surface area (Å²) < 4.78 is 10.1. The van der Waals surface area contributed by atoms with Gasteiger partial charge >= 0.3 is 5.97 Å². The van der Waals surface area contributed by atoms with E-state index in [4.69, 9.17) is 14.9 Å².